The molecule has 1 aliphatic heterocycles. The zero-order chi connectivity index (χ0) is 26.5. The molecule has 1 aliphatic rings. The van der Waals surface area contributed by atoms with Crippen molar-refractivity contribution < 1.29 is 9.59 Å². The van der Waals surface area contributed by atoms with Crippen LogP contribution in [-0.2, 0) is 22.6 Å². The number of benzene rings is 4. The molecule has 0 radical (unpaired) electrons. The minimum absolute atomic E-state index is 0.107. The Balaban J connectivity index is 1.53. The molecule has 1 heterocycles. The van der Waals surface area contributed by atoms with Gasteiger partial charge in [0.1, 0.15) is 6.04 Å². The summed E-state index contributed by atoms with van der Waals surface area (Å²) in [5.74, 6) is -0.297. The lowest BCUT2D eigenvalue weighted by atomic mass is 10.0. The van der Waals surface area contributed by atoms with E-state index < -0.39 is 12.1 Å². The van der Waals surface area contributed by atoms with Crippen molar-refractivity contribution in [1.29, 1.82) is 0 Å². The maximum absolute atomic E-state index is 14.2. The van der Waals surface area contributed by atoms with E-state index in [2.05, 4.69) is 58.0 Å². The van der Waals surface area contributed by atoms with Crippen LogP contribution in [0.3, 0.4) is 0 Å². The van der Waals surface area contributed by atoms with Gasteiger partial charge in [0.2, 0.25) is 5.91 Å². The molecule has 2 amide bonds. The molecule has 4 aromatic carbocycles. The van der Waals surface area contributed by atoms with Gasteiger partial charge in [-0.15, -0.1) is 0 Å². The number of fused-ring (bicyclic) bond motifs is 2. The third-order valence-electron chi connectivity index (χ3n) is 7.34. The molecular weight excluding hydrogens is 472 g/mol. The predicted molar refractivity (Wildman–Crippen MR) is 154 cm³/mol. The monoisotopic (exact) mass is 506 g/mol. The highest BCUT2D eigenvalue weighted by molar-refractivity contribution is 6.04. The first-order chi connectivity index (χ1) is 18.5. The number of hydrogen-bond donors (Lipinski definition) is 2. The Morgan fingerprint density at radius 2 is 1.58 bits per heavy atom. The largest absolute Gasteiger partial charge is 0.367 e. The molecule has 0 saturated heterocycles. The molecule has 0 aliphatic carbocycles. The van der Waals surface area contributed by atoms with Crippen LogP contribution in [0.2, 0.25) is 0 Å². The Hall–Kier alpha value is -4.16. The first-order valence-electron chi connectivity index (χ1n) is 13.2. The summed E-state index contributed by atoms with van der Waals surface area (Å²) in [6.45, 7) is 3.34. The molecule has 2 N–H and O–H groups in total. The number of amides is 2. The van der Waals surface area contributed by atoms with Crippen molar-refractivity contribution in [3.8, 4) is 0 Å². The number of likely N-dealkylation sites (N-methyl/N-ethyl adjacent to an activating group) is 1. The molecule has 194 valence electrons. The number of para-hydroxylation sites is 2. The maximum Gasteiger partial charge on any atom is 0.251 e. The predicted octanol–water partition coefficient (Wildman–Crippen LogP) is 4.53. The SMILES string of the molecule is CNC(C)C(=O)NC1CN(CCc2ccccc2)c2ccccc2N(Cc2cccc3ccccc23)C1=O. The first kappa shape index (κ1) is 25.5. The molecule has 0 fully saturated rings. The maximum atomic E-state index is 14.2. The molecule has 4 aromatic rings. The fourth-order valence-corrected chi connectivity index (χ4v) is 5.08. The Labute approximate surface area is 224 Å². The zero-order valence-corrected chi connectivity index (χ0v) is 21.9. The average Bonchev–Trinajstić information content (AvgIpc) is 3.07. The van der Waals surface area contributed by atoms with Crippen molar-refractivity contribution in [2.24, 2.45) is 0 Å². The lowest BCUT2D eigenvalue weighted by Gasteiger charge is -2.27. The highest BCUT2D eigenvalue weighted by Crippen LogP contribution is 2.35. The molecule has 0 aromatic heterocycles. The summed E-state index contributed by atoms with van der Waals surface area (Å²) < 4.78 is 0. The van der Waals surface area contributed by atoms with Gasteiger partial charge in [0.05, 0.1) is 24.0 Å². The number of hydrogen-bond acceptors (Lipinski definition) is 4. The van der Waals surface area contributed by atoms with E-state index in [0.717, 1.165) is 40.7 Å². The van der Waals surface area contributed by atoms with Gasteiger partial charge in [0.25, 0.3) is 5.91 Å². The summed E-state index contributed by atoms with van der Waals surface area (Å²) in [4.78, 5) is 31.2. The Morgan fingerprint density at radius 1 is 0.895 bits per heavy atom. The van der Waals surface area contributed by atoms with Crippen LogP contribution in [0, 0.1) is 0 Å². The fourth-order valence-electron chi connectivity index (χ4n) is 5.08. The first-order valence-corrected chi connectivity index (χ1v) is 13.2. The standard InChI is InChI=1S/C32H34N4O2/c1-23(33-2)31(37)34-28-22-35(20-19-24-11-4-3-5-12-24)29-17-8-9-18-30(29)36(32(28)38)21-26-15-10-14-25-13-6-7-16-27(25)26/h3-18,23,28,33H,19-22H2,1-2H3,(H,34,37). The van der Waals surface area contributed by atoms with Crippen molar-refractivity contribution in [2.75, 3.05) is 29.9 Å². The third kappa shape index (κ3) is 5.41. The van der Waals surface area contributed by atoms with Crippen LogP contribution in [0.5, 0.6) is 0 Å². The minimum atomic E-state index is -0.684. The summed E-state index contributed by atoms with van der Waals surface area (Å²) in [5, 5.41) is 8.28. The highest BCUT2D eigenvalue weighted by Gasteiger charge is 2.35. The molecule has 2 atom stereocenters. The van der Waals surface area contributed by atoms with Crippen LogP contribution < -0.4 is 20.4 Å². The van der Waals surface area contributed by atoms with Gasteiger partial charge in [-0.3, -0.25) is 9.59 Å². The van der Waals surface area contributed by atoms with Crippen LogP contribution >= 0.6 is 0 Å². The molecule has 2 unspecified atom stereocenters. The van der Waals surface area contributed by atoms with Crippen molar-refractivity contribution in [2.45, 2.75) is 32.0 Å². The Kier molecular flexibility index (Phi) is 7.70. The normalized spacial score (nSPS) is 16.2. The van der Waals surface area contributed by atoms with E-state index in [1.165, 1.54) is 5.56 Å². The molecule has 5 rings (SSSR count). The van der Waals surface area contributed by atoms with Crippen LogP contribution in [0.1, 0.15) is 18.1 Å². The van der Waals surface area contributed by atoms with Gasteiger partial charge in [-0.05, 0) is 54.4 Å². The van der Waals surface area contributed by atoms with Crippen LogP contribution in [0.15, 0.2) is 97.1 Å². The fraction of sp³-hybridized carbons (Fsp3) is 0.250. The minimum Gasteiger partial charge on any atom is -0.367 e. The van der Waals surface area contributed by atoms with Gasteiger partial charge in [-0.2, -0.15) is 0 Å². The average molecular weight is 507 g/mol. The van der Waals surface area contributed by atoms with Gasteiger partial charge in [0.15, 0.2) is 0 Å². The number of carbonyl (C=O) groups is 2. The van der Waals surface area contributed by atoms with E-state index >= 15 is 0 Å². The molecule has 38 heavy (non-hydrogen) atoms. The van der Waals surface area contributed by atoms with E-state index in [1.807, 2.05) is 59.5 Å². The zero-order valence-electron chi connectivity index (χ0n) is 21.9. The van der Waals surface area contributed by atoms with Gasteiger partial charge in [-0.1, -0.05) is 84.9 Å². The number of nitrogens with zero attached hydrogens (tertiary/aromatic N) is 2. The van der Waals surface area contributed by atoms with Crippen molar-refractivity contribution in [3.05, 3.63) is 108 Å². The lowest BCUT2D eigenvalue weighted by molar-refractivity contribution is -0.128. The second-order valence-electron chi connectivity index (χ2n) is 9.80. The van der Waals surface area contributed by atoms with E-state index in [4.69, 9.17) is 0 Å². The van der Waals surface area contributed by atoms with Gasteiger partial charge in [-0.25, -0.2) is 0 Å². The smallest absolute Gasteiger partial charge is 0.251 e. The third-order valence-corrected chi connectivity index (χ3v) is 7.34. The number of carbonyl (C=O) groups excluding carboxylic acids is 2. The van der Waals surface area contributed by atoms with Crippen LogP contribution in [0.4, 0.5) is 11.4 Å². The van der Waals surface area contributed by atoms with Crippen molar-refractivity contribution >= 4 is 34.0 Å². The van der Waals surface area contributed by atoms with E-state index in [0.29, 0.717) is 13.1 Å². The van der Waals surface area contributed by atoms with Crippen LogP contribution in [0.25, 0.3) is 10.8 Å². The molecule has 0 bridgehead atoms. The summed E-state index contributed by atoms with van der Waals surface area (Å²) in [6.07, 6.45) is 0.834. The van der Waals surface area contributed by atoms with Gasteiger partial charge < -0.3 is 20.4 Å². The molecule has 0 saturated carbocycles. The van der Waals surface area contributed by atoms with E-state index in [-0.39, 0.29) is 11.8 Å². The molecule has 0 spiro atoms. The van der Waals surface area contributed by atoms with Gasteiger partial charge in [0, 0.05) is 13.1 Å². The number of nitrogens with one attached hydrogen (secondary N) is 2. The van der Waals surface area contributed by atoms with E-state index in [1.54, 1.807) is 14.0 Å². The topological polar surface area (TPSA) is 64.7 Å². The quantitative estimate of drug-likeness (QED) is 0.369. The molecular formula is C32H34N4O2. The van der Waals surface area contributed by atoms with Crippen LogP contribution in [-0.4, -0.2) is 44.0 Å². The van der Waals surface area contributed by atoms with Crippen molar-refractivity contribution in [1.82, 2.24) is 10.6 Å². The highest BCUT2D eigenvalue weighted by atomic mass is 16.2. The number of rotatable bonds is 8. The van der Waals surface area contributed by atoms with Gasteiger partial charge >= 0.3 is 0 Å². The second-order valence-corrected chi connectivity index (χ2v) is 9.80. The Morgan fingerprint density at radius 3 is 2.37 bits per heavy atom. The summed E-state index contributed by atoms with van der Waals surface area (Å²) in [5.41, 5.74) is 4.16. The molecule has 6 nitrogen and oxygen atoms in total. The number of anilines is 2. The summed E-state index contributed by atoms with van der Waals surface area (Å²) in [6, 6.07) is 31.8. The van der Waals surface area contributed by atoms with Crippen molar-refractivity contribution in [3.63, 3.8) is 0 Å². The van der Waals surface area contributed by atoms with E-state index in [9.17, 15) is 9.59 Å². The molecule has 6 heteroatoms. The lowest BCUT2D eigenvalue weighted by Crippen LogP contribution is -2.55. The summed E-state index contributed by atoms with van der Waals surface area (Å²) >= 11 is 0. The second kappa shape index (κ2) is 11.5. The Bertz CT molecular complexity index is 1420. The summed E-state index contributed by atoms with van der Waals surface area (Å²) in [7, 11) is 1.74.